The average Bonchev–Trinajstić information content (AvgIpc) is 3.23. The highest BCUT2D eigenvalue weighted by Crippen LogP contribution is 2.25. The molecule has 1 amide bonds. The Balaban J connectivity index is 1.71. The molecule has 1 aromatic carbocycles. The minimum Gasteiger partial charge on any atom is -0.497 e. The van der Waals surface area contributed by atoms with Crippen molar-refractivity contribution >= 4 is 17.7 Å². The van der Waals surface area contributed by atoms with E-state index in [9.17, 15) is 4.79 Å². The van der Waals surface area contributed by atoms with E-state index in [1.165, 1.54) is 11.8 Å². The molecule has 0 saturated heterocycles. The van der Waals surface area contributed by atoms with Crippen molar-refractivity contribution in [3.05, 3.63) is 24.3 Å². The number of methoxy groups -OCH3 is 1. The molecule has 1 aliphatic rings. The molecule has 1 N–H and O–H groups in total. The van der Waals surface area contributed by atoms with Crippen molar-refractivity contribution in [2.75, 3.05) is 7.11 Å². The number of tetrazole rings is 1. The molecule has 7 nitrogen and oxygen atoms in total. The van der Waals surface area contributed by atoms with Gasteiger partial charge in [-0.1, -0.05) is 11.8 Å². The molecule has 1 aromatic heterocycles. The van der Waals surface area contributed by atoms with E-state index in [4.69, 9.17) is 4.74 Å². The second-order valence-electron chi connectivity index (χ2n) is 5.11. The second kappa shape index (κ2) is 6.35. The Morgan fingerprint density at radius 3 is 2.77 bits per heavy atom. The third-order valence-electron chi connectivity index (χ3n) is 3.33. The first-order valence-electron chi connectivity index (χ1n) is 7.07. The van der Waals surface area contributed by atoms with Crippen LogP contribution in [0.3, 0.4) is 0 Å². The topological polar surface area (TPSA) is 81.9 Å². The maximum absolute atomic E-state index is 12.0. The molecule has 2 aromatic rings. The summed E-state index contributed by atoms with van der Waals surface area (Å²) in [4.78, 5) is 12.0. The first-order chi connectivity index (χ1) is 10.7. The van der Waals surface area contributed by atoms with Gasteiger partial charge in [0.1, 0.15) is 5.75 Å². The average molecular weight is 319 g/mol. The van der Waals surface area contributed by atoms with E-state index in [0.29, 0.717) is 11.2 Å². The molecule has 0 radical (unpaired) electrons. The van der Waals surface area contributed by atoms with Crippen LogP contribution < -0.4 is 10.1 Å². The van der Waals surface area contributed by atoms with Crippen LogP contribution in [-0.4, -0.2) is 44.5 Å². The maximum atomic E-state index is 12.0. The summed E-state index contributed by atoms with van der Waals surface area (Å²) in [6.07, 6.45) is 2.15. The van der Waals surface area contributed by atoms with Crippen LogP contribution in [0.25, 0.3) is 5.69 Å². The minimum absolute atomic E-state index is 0.0248. The third-order valence-corrected chi connectivity index (χ3v) is 4.37. The molecule has 1 aliphatic carbocycles. The predicted molar refractivity (Wildman–Crippen MR) is 82.2 cm³/mol. The number of thioether (sulfide) groups is 1. The number of hydrogen-bond donors (Lipinski definition) is 1. The van der Waals surface area contributed by atoms with Gasteiger partial charge in [0.2, 0.25) is 11.1 Å². The fraction of sp³-hybridized carbons (Fsp3) is 0.429. The summed E-state index contributed by atoms with van der Waals surface area (Å²) in [5, 5.41) is 15.0. The Bertz CT molecular complexity index is 654. The molecular weight excluding hydrogens is 302 g/mol. The van der Waals surface area contributed by atoms with Gasteiger partial charge >= 0.3 is 0 Å². The van der Waals surface area contributed by atoms with Gasteiger partial charge in [-0.2, -0.15) is 4.68 Å². The molecule has 1 unspecified atom stereocenters. The minimum atomic E-state index is -0.247. The number of carbonyl (C=O) groups is 1. The molecular formula is C14H17N5O2S. The molecule has 22 heavy (non-hydrogen) atoms. The van der Waals surface area contributed by atoms with Crippen LogP contribution in [0, 0.1) is 0 Å². The maximum Gasteiger partial charge on any atom is 0.233 e. The Labute approximate surface area is 132 Å². The van der Waals surface area contributed by atoms with Gasteiger partial charge in [0.05, 0.1) is 18.0 Å². The van der Waals surface area contributed by atoms with E-state index in [0.717, 1.165) is 24.3 Å². The Hall–Kier alpha value is -2.09. The van der Waals surface area contributed by atoms with E-state index in [1.54, 1.807) is 11.8 Å². The lowest BCUT2D eigenvalue weighted by molar-refractivity contribution is -0.120. The van der Waals surface area contributed by atoms with E-state index in [1.807, 2.05) is 31.2 Å². The zero-order chi connectivity index (χ0) is 15.5. The summed E-state index contributed by atoms with van der Waals surface area (Å²) in [7, 11) is 1.62. The van der Waals surface area contributed by atoms with Crippen LogP contribution >= 0.6 is 11.8 Å². The third kappa shape index (κ3) is 3.38. The molecule has 3 rings (SSSR count). The Kier molecular flexibility index (Phi) is 4.28. The van der Waals surface area contributed by atoms with Crippen molar-refractivity contribution in [3.63, 3.8) is 0 Å². The summed E-state index contributed by atoms with van der Waals surface area (Å²) in [5.74, 6) is 0.792. The van der Waals surface area contributed by atoms with Crippen molar-refractivity contribution in [3.8, 4) is 11.4 Å². The number of nitrogens with one attached hydrogen (secondary N) is 1. The number of rotatable bonds is 6. The fourth-order valence-corrected chi connectivity index (χ4v) is 2.71. The molecule has 0 spiro atoms. The quantitative estimate of drug-likeness (QED) is 0.811. The SMILES string of the molecule is COc1ccc(-n2nnnc2SC(C)C(=O)NC2CC2)cc1. The van der Waals surface area contributed by atoms with Crippen molar-refractivity contribution in [2.24, 2.45) is 0 Å². The first-order valence-corrected chi connectivity index (χ1v) is 7.95. The van der Waals surface area contributed by atoms with Crippen LogP contribution in [0.5, 0.6) is 5.75 Å². The van der Waals surface area contributed by atoms with E-state index in [2.05, 4.69) is 20.8 Å². The molecule has 116 valence electrons. The van der Waals surface area contributed by atoms with Gasteiger partial charge in [0.15, 0.2) is 0 Å². The monoisotopic (exact) mass is 319 g/mol. The van der Waals surface area contributed by atoms with Gasteiger partial charge < -0.3 is 10.1 Å². The van der Waals surface area contributed by atoms with Gasteiger partial charge in [-0.15, -0.1) is 5.10 Å². The molecule has 0 aliphatic heterocycles. The summed E-state index contributed by atoms with van der Waals surface area (Å²) < 4.78 is 6.75. The van der Waals surface area contributed by atoms with E-state index in [-0.39, 0.29) is 11.2 Å². The highest BCUT2D eigenvalue weighted by Gasteiger charge is 2.27. The summed E-state index contributed by atoms with van der Waals surface area (Å²) in [5.41, 5.74) is 0.822. The summed E-state index contributed by atoms with van der Waals surface area (Å²) >= 11 is 1.34. The van der Waals surface area contributed by atoms with Gasteiger partial charge in [-0.3, -0.25) is 4.79 Å². The first kappa shape index (κ1) is 14.8. The molecule has 1 atom stereocenters. The van der Waals surface area contributed by atoms with Gasteiger partial charge in [0.25, 0.3) is 0 Å². The Morgan fingerprint density at radius 1 is 1.41 bits per heavy atom. The number of aromatic nitrogens is 4. The van der Waals surface area contributed by atoms with Crippen LogP contribution in [0.4, 0.5) is 0 Å². The van der Waals surface area contributed by atoms with Crippen LogP contribution in [0.1, 0.15) is 19.8 Å². The van der Waals surface area contributed by atoms with Crippen LogP contribution in [0.2, 0.25) is 0 Å². The van der Waals surface area contributed by atoms with Crippen LogP contribution in [-0.2, 0) is 4.79 Å². The fourth-order valence-electron chi connectivity index (χ4n) is 1.90. The van der Waals surface area contributed by atoms with Gasteiger partial charge in [-0.25, -0.2) is 0 Å². The highest BCUT2D eigenvalue weighted by molar-refractivity contribution is 8.00. The smallest absolute Gasteiger partial charge is 0.233 e. The number of amides is 1. The Morgan fingerprint density at radius 2 is 2.14 bits per heavy atom. The summed E-state index contributed by atoms with van der Waals surface area (Å²) in [6.45, 7) is 1.86. The molecule has 0 bridgehead atoms. The zero-order valence-corrected chi connectivity index (χ0v) is 13.2. The van der Waals surface area contributed by atoms with Gasteiger partial charge in [-0.05, 0) is 54.5 Å². The lowest BCUT2D eigenvalue weighted by atomic mass is 10.3. The largest absolute Gasteiger partial charge is 0.497 e. The zero-order valence-electron chi connectivity index (χ0n) is 12.4. The molecule has 1 saturated carbocycles. The van der Waals surface area contributed by atoms with Crippen molar-refractivity contribution in [1.82, 2.24) is 25.5 Å². The van der Waals surface area contributed by atoms with Gasteiger partial charge in [0, 0.05) is 6.04 Å². The standard InChI is InChI=1S/C14H17N5O2S/c1-9(13(20)15-10-3-4-10)22-14-16-17-18-19(14)11-5-7-12(21-2)8-6-11/h5-10H,3-4H2,1-2H3,(H,15,20). The number of hydrogen-bond acceptors (Lipinski definition) is 6. The lowest BCUT2D eigenvalue weighted by Crippen LogP contribution is -2.32. The van der Waals surface area contributed by atoms with Crippen molar-refractivity contribution in [1.29, 1.82) is 0 Å². The number of nitrogens with zero attached hydrogens (tertiary/aromatic N) is 4. The summed E-state index contributed by atoms with van der Waals surface area (Å²) in [6, 6.07) is 7.78. The van der Waals surface area contributed by atoms with E-state index >= 15 is 0 Å². The number of carbonyl (C=O) groups excluding carboxylic acids is 1. The van der Waals surface area contributed by atoms with Crippen molar-refractivity contribution < 1.29 is 9.53 Å². The molecule has 8 heteroatoms. The van der Waals surface area contributed by atoms with Crippen molar-refractivity contribution in [2.45, 2.75) is 36.2 Å². The molecule has 1 heterocycles. The lowest BCUT2D eigenvalue weighted by Gasteiger charge is -2.11. The number of benzene rings is 1. The highest BCUT2D eigenvalue weighted by atomic mass is 32.2. The van der Waals surface area contributed by atoms with Crippen LogP contribution in [0.15, 0.2) is 29.4 Å². The normalized spacial score (nSPS) is 15.4. The number of ether oxygens (including phenoxy) is 1. The van der Waals surface area contributed by atoms with E-state index < -0.39 is 0 Å². The predicted octanol–water partition coefficient (Wildman–Crippen LogP) is 1.43. The second-order valence-corrected chi connectivity index (χ2v) is 6.42. The molecule has 1 fully saturated rings.